The number of hydrogen-bond acceptors (Lipinski definition) is 4. The SMILES string of the molecule is CC(=O)NCCNC(=O)c1ccc(CSCC(=O)Nc2ccc(Cl)cc2)cc1. The highest BCUT2D eigenvalue weighted by molar-refractivity contribution is 7.99. The molecule has 0 aromatic heterocycles. The third-order valence-electron chi connectivity index (χ3n) is 3.63. The fourth-order valence-corrected chi connectivity index (χ4v) is 3.17. The molecular weight excluding hydrogens is 398 g/mol. The van der Waals surface area contributed by atoms with Crippen molar-refractivity contribution in [3.63, 3.8) is 0 Å². The summed E-state index contributed by atoms with van der Waals surface area (Å²) in [5.74, 6) is 0.597. The molecule has 0 radical (unpaired) electrons. The highest BCUT2D eigenvalue weighted by atomic mass is 35.5. The summed E-state index contributed by atoms with van der Waals surface area (Å²) in [6.45, 7) is 2.20. The normalized spacial score (nSPS) is 10.2. The molecule has 2 rings (SSSR count). The van der Waals surface area contributed by atoms with Gasteiger partial charge in [-0.3, -0.25) is 14.4 Å². The quantitative estimate of drug-likeness (QED) is 0.545. The van der Waals surface area contributed by atoms with Gasteiger partial charge < -0.3 is 16.0 Å². The minimum absolute atomic E-state index is 0.0810. The predicted octanol–water partition coefficient (Wildman–Crippen LogP) is 3.08. The molecule has 0 unspecified atom stereocenters. The van der Waals surface area contributed by atoms with Gasteiger partial charge in [-0.05, 0) is 42.0 Å². The van der Waals surface area contributed by atoms with E-state index in [1.165, 1.54) is 18.7 Å². The Balaban J connectivity index is 1.70. The lowest BCUT2D eigenvalue weighted by atomic mass is 10.1. The number of nitrogens with one attached hydrogen (secondary N) is 3. The molecule has 0 spiro atoms. The van der Waals surface area contributed by atoms with Gasteiger partial charge >= 0.3 is 0 Å². The fraction of sp³-hybridized carbons (Fsp3) is 0.250. The van der Waals surface area contributed by atoms with Crippen molar-refractivity contribution in [3.05, 3.63) is 64.7 Å². The topological polar surface area (TPSA) is 87.3 Å². The maximum atomic E-state index is 12.0. The number of hydrogen-bond donors (Lipinski definition) is 3. The van der Waals surface area contributed by atoms with Crippen molar-refractivity contribution in [3.8, 4) is 0 Å². The van der Waals surface area contributed by atoms with E-state index in [0.717, 1.165) is 5.56 Å². The molecule has 2 aromatic carbocycles. The van der Waals surface area contributed by atoms with Crippen molar-refractivity contribution in [2.24, 2.45) is 0 Å². The van der Waals surface area contributed by atoms with Gasteiger partial charge in [0.2, 0.25) is 11.8 Å². The first-order valence-electron chi connectivity index (χ1n) is 8.69. The van der Waals surface area contributed by atoms with Crippen LogP contribution in [0.2, 0.25) is 5.02 Å². The molecular formula is C20H22ClN3O3S. The number of rotatable bonds is 9. The minimum atomic E-state index is -0.188. The zero-order valence-electron chi connectivity index (χ0n) is 15.5. The van der Waals surface area contributed by atoms with Gasteiger partial charge in [0.15, 0.2) is 0 Å². The molecule has 28 heavy (non-hydrogen) atoms. The first-order chi connectivity index (χ1) is 13.4. The number of anilines is 1. The van der Waals surface area contributed by atoms with Crippen molar-refractivity contribution >= 4 is 46.8 Å². The van der Waals surface area contributed by atoms with E-state index < -0.39 is 0 Å². The van der Waals surface area contributed by atoms with Gasteiger partial charge in [0.25, 0.3) is 5.91 Å². The van der Waals surface area contributed by atoms with E-state index >= 15 is 0 Å². The standard InChI is InChI=1S/C20H22ClN3O3S/c1-14(25)22-10-11-23-20(27)16-4-2-15(3-5-16)12-28-13-19(26)24-18-8-6-17(21)7-9-18/h2-9H,10-13H2,1H3,(H,22,25)(H,23,27)(H,24,26). The Morgan fingerprint density at radius 2 is 1.57 bits per heavy atom. The van der Waals surface area contributed by atoms with Crippen LogP contribution < -0.4 is 16.0 Å². The van der Waals surface area contributed by atoms with Gasteiger partial charge in [-0.25, -0.2) is 0 Å². The summed E-state index contributed by atoms with van der Waals surface area (Å²) in [5, 5.41) is 8.79. The molecule has 0 saturated carbocycles. The summed E-state index contributed by atoms with van der Waals surface area (Å²) in [4.78, 5) is 34.7. The van der Waals surface area contributed by atoms with Crippen LogP contribution in [-0.2, 0) is 15.3 Å². The van der Waals surface area contributed by atoms with Crippen LogP contribution in [0.1, 0.15) is 22.8 Å². The lowest BCUT2D eigenvalue weighted by Gasteiger charge is -2.07. The molecule has 3 N–H and O–H groups in total. The van der Waals surface area contributed by atoms with Gasteiger partial charge in [0, 0.05) is 42.0 Å². The van der Waals surface area contributed by atoms with Crippen molar-refractivity contribution < 1.29 is 14.4 Å². The Bertz CT molecular complexity index is 810. The van der Waals surface area contributed by atoms with E-state index in [4.69, 9.17) is 11.6 Å². The van der Waals surface area contributed by atoms with Crippen LogP contribution in [-0.4, -0.2) is 36.6 Å². The van der Waals surface area contributed by atoms with E-state index in [-0.39, 0.29) is 17.7 Å². The van der Waals surface area contributed by atoms with Gasteiger partial charge in [0.1, 0.15) is 0 Å². The second-order valence-corrected chi connectivity index (χ2v) is 7.41. The Kier molecular flexibility index (Phi) is 8.84. The second kappa shape index (κ2) is 11.4. The van der Waals surface area contributed by atoms with Crippen LogP contribution in [0.15, 0.2) is 48.5 Å². The summed E-state index contributed by atoms with van der Waals surface area (Å²) in [6, 6.07) is 14.2. The summed E-state index contributed by atoms with van der Waals surface area (Å²) >= 11 is 7.31. The third-order valence-corrected chi connectivity index (χ3v) is 4.89. The van der Waals surface area contributed by atoms with Gasteiger partial charge in [-0.1, -0.05) is 23.7 Å². The zero-order chi connectivity index (χ0) is 20.4. The lowest BCUT2D eigenvalue weighted by molar-refractivity contribution is -0.119. The number of carbonyl (C=O) groups excluding carboxylic acids is 3. The van der Waals surface area contributed by atoms with Crippen molar-refractivity contribution in [2.75, 3.05) is 24.2 Å². The number of halogens is 1. The number of amides is 3. The van der Waals surface area contributed by atoms with Crippen LogP contribution in [0.3, 0.4) is 0 Å². The van der Waals surface area contributed by atoms with E-state index in [2.05, 4.69) is 16.0 Å². The Hall–Kier alpha value is -2.51. The molecule has 0 bridgehead atoms. The fourth-order valence-electron chi connectivity index (χ4n) is 2.26. The highest BCUT2D eigenvalue weighted by Crippen LogP contribution is 2.16. The summed E-state index contributed by atoms with van der Waals surface area (Å²) in [7, 11) is 0. The molecule has 0 saturated heterocycles. The number of thioether (sulfide) groups is 1. The molecule has 148 valence electrons. The smallest absolute Gasteiger partial charge is 0.251 e. The molecule has 0 heterocycles. The average molecular weight is 420 g/mol. The zero-order valence-corrected chi connectivity index (χ0v) is 17.0. The third kappa shape index (κ3) is 8.02. The first kappa shape index (κ1) is 21.8. The molecule has 0 aliphatic rings. The highest BCUT2D eigenvalue weighted by Gasteiger charge is 2.06. The Morgan fingerprint density at radius 1 is 0.929 bits per heavy atom. The van der Waals surface area contributed by atoms with Crippen molar-refractivity contribution in [1.82, 2.24) is 10.6 Å². The van der Waals surface area contributed by atoms with Crippen LogP contribution in [0, 0.1) is 0 Å². The Morgan fingerprint density at radius 3 is 2.21 bits per heavy atom. The minimum Gasteiger partial charge on any atom is -0.355 e. The number of benzene rings is 2. The van der Waals surface area contributed by atoms with Crippen molar-refractivity contribution in [1.29, 1.82) is 0 Å². The maximum absolute atomic E-state index is 12.0. The van der Waals surface area contributed by atoms with Crippen LogP contribution in [0.4, 0.5) is 5.69 Å². The van der Waals surface area contributed by atoms with Crippen molar-refractivity contribution in [2.45, 2.75) is 12.7 Å². The Labute approximate surface area is 173 Å². The first-order valence-corrected chi connectivity index (χ1v) is 10.2. The summed E-state index contributed by atoms with van der Waals surface area (Å²) in [5.41, 5.74) is 2.29. The van der Waals surface area contributed by atoms with Crippen LogP contribution in [0.5, 0.6) is 0 Å². The molecule has 0 aliphatic heterocycles. The van der Waals surface area contributed by atoms with E-state index in [0.29, 0.717) is 40.9 Å². The second-order valence-electron chi connectivity index (χ2n) is 5.98. The summed E-state index contributed by atoms with van der Waals surface area (Å²) < 4.78 is 0. The molecule has 6 nitrogen and oxygen atoms in total. The monoisotopic (exact) mass is 419 g/mol. The molecule has 2 aromatic rings. The van der Waals surface area contributed by atoms with Gasteiger partial charge in [-0.15, -0.1) is 11.8 Å². The lowest BCUT2D eigenvalue weighted by Crippen LogP contribution is -2.33. The van der Waals surface area contributed by atoms with E-state index in [1.807, 2.05) is 12.1 Å². The van der Waals surface area contributed by atoms with Gasteiger partial charge in [-0.2, -0.15) is 0 Å². The predicted molar refractivity (Wildman–Crippen MR) is 114 cm³/mol. The molecule has 0 atom stereocenters. The molecule has 0 aliphatic carbocycles. The maximum Gasteiger partial charge on any atom is 0.251 e. The largest absolute Gasteiger partial charge is 0.355 e. The summed E-state index contributed by atoms with van der Waals surface area (Å²) in [6.07, 6.45) is 0. The average Bonchev–Trinajstić information content (AvgIpc) is 2.67. The number of carbonyl (C=O) groups is 3. The van der Waals surface area contributed by atoms with Crippen LogP contribution in [0.25, 0.3) is 0 Å². The molecule has 3 amide bonds. The van der Waals surface area contributed by atoms with E-state index in [1.54, 1.807) is 36.4 Å². The van der Waals surface area contributed by atoms with E-state index in [9.17, 15) is 14.4 Å². The molecule has 0 fully saturated rings. The van der Waals surface area contributed by atoms with Gasteiger partial charge in [0.05, 0.1) is 5.75 Å². The molecule has 8 heteroatoms. The van der Waals surface area contributed by atoms with Crippen LogP contribution >= 0.6 is 23.4 Å².